The van der Waals surface area contributed by atoms with E-state index in [1.165, 1.54) is 38.2 Å². The summed E-state index contributed by atoms with van der Waals surface area (Å²) in [6, 6.07) is 0. The Morgan fingerprint density at radius 2 is 2.09 bits per heavy atom. The van der Waals surface area contributed by atoms with E-state index in [4.69, 9.17) is 9.47 Å². The van der Waals surface area contributed by atoms with E-state index in [9.17, 15) is 4.79 Å². The van der Waals surface area contributed by atoms with Gasteiger partial charge in [-0.05, 0) is 25.2 Å². The van der Waals surface area contributed by atoms with Gasteiger partial charge in [0.15, 0.2) is 0 Å². The van der Waals surface area contributed by atoms with E-state index in [-0.39, 0.29) is 11.4 Å². The van der Waals surface area contributed by atoms with Crippen molar-refractivity contribution in [2.75, 3.05) is 13.2 Å². The fourth-order valence-electron chi connectivity index (χ4n) is 4.66. The van der Waals surface area contributed by atoms with Gasteiger partial charge in [0.2, 0.25) is 0 Å². The molecule has 0 saturated carbocycles. The number of hydrogen-bond donors (Lipinski definition) is 0. The fraction of sp³-hybridized carbons (Fsp3) is 0.850. The molecule has 0 aromatic carbocycles. The lowest BCUT2D eigenvalue weighted by Crippen LogP contribution is -2.56. The molecule has 2 rings (SSSR count). The van der Waals surface area contributed by atoms with Crippen LogP contribution in [0.15, 0.2) is 11.6 Å². The standard InChI is InChI=1S/C20H34O3/c1-6-7-8-9-10-18-19-14(2)11-15(3)20(13-23-18,16(19)4)12-22-17(5)21/h11,15-16,18-19H,6-10,12-13H2,1-5H3/t15-,16+,18+,19-,20+/m1/s1. The quantitative estimate of drug-likeness (QED) is 0.385. The van der Waals surface area contributed by atoms with Crippen LogP contribution in [0.25, 0.3) is 0 Å². The molecule has 2 aliphatic rings. The minimum Gasteiger partial charge on any atom is -0.465 e. The molecule has 3 nitrogen and oxygen atoms in total. The number of carbonyl (C=O) groups is 1. The molecular weight excluding hydrogens is 288 g/mol. The Hall–Kier alpha value is -0.830. The molecule has 1 aliphatic carbocycles. The second-order valence-electron chi connectivity index (χ2n) is 7.73. The van der Waals surface area contributed by atoms with Gasteiger partial charge in [-0.1, -0.05) is 58.1 Å². The van der Waals surface area contributed by atoms with Gasteiger partial charge in [-0.15, -0.1) is 0 Å². The second-order valence-corrected chi connectivity index (χ2v) is 7.73. The van der Waals surface area contributed by atoms with Gasteiger partial charge in [-0.25, -0.2) is 0 Å². The third-order valence-corrected chi connectivity index (χ3v) is 6.24. The van der Waals surface area contributed by atoms with E-state index in [1.807, 2.05) is 0 Å². The van der Waals surface area contributed by atoms with Crippen LogP contribution < -0.4 is 0 Å². The van der Waals surface area contributed by atoms with Crippen LogP contribution in [0.5, 0.6) is 0 Å². The minimum absolute atomic E-state index is 0.0598. The lowest BCUT2D eigenvalue weighted by atomic mass is 9.56. The van der Waals surface area contributed by atoms with Gasteiger partial charge >= 0.3 is 5.97 Å². The number of ether oxygens (including phenoxy) is 2. The predicted octanol–water partition coefficient (Wildman–Crippen LogP) is 4.75. The summed E-state index contributed by atoms with van der Waals surface area (Å²) in [5.74, 6) is 1.15. The van der Waals surface area contributed by atoms with Crippen molar-refractivity contribution in [1.29, 1.82) is 0 Å². The molecule has 0 aromatic rings. The predicted molar refractivity (Wildman–Crippen MR) is 93.1 cm³/mol. The molecule has 0 amide bonds. The molecule has 0 spiro atoms. The number of hydrogen-bond acceptors (Lipinski definition) is 3. The zero-order valence-electron chi connectivity index (χ0n) is 15.6. The van der Waals surface area contributed by atoms with Gasteiger partial charge in [0, 0.05) is 18.3 Å². The van der Waals surface area contributed by atoms with Crippen molar-refractivity contribution in [3.8, 4) is 0 Å². The molecule has 5 atom stereocenters. The summed E-state index contributed by atoms with van der Waals surface area (Å²) in [6.45, 7) is 11.8. The van der Waals surface area contributed by atoms with Crippen molar-refractivity contribution < 1.29 is 14.3 Å². The molecule has 0 aromatic heterocycles. The van der Waals surface area contributed by atoms with Crippen molar-refractivity contribution >= 4 is 5.97 Å². The fourth-order valence-corrected chi connectivity index (χ4v) is 4.66. The highest BCUT2D eigenvalue weighted by Crippen LogP contribution is 2.53. The van der Waals surface area contributed by atoms with Crippen LogP contribution in [0.3, 0.4) is 0 Å². The summed E-state index contributed by atoms with van der Waals surface area (Å²) in [5, 5.41) is 0. The molecule has 3 heteroatoms. The van der Waals surface area contributed by atoms with Crippen molar-refractivity contribution in [2.24, 2.45) is 23.2 Å². The Morgan fingerprint density at radius 1 is 1.35 bits per heavy atom. The van der Waals surface area contributed by atoms with E-state index in [0.29, 0.717) is 37.1 Å². The molecule has 0 unspecified atom stereocenters. The smallest absolute Gasteiger partial charge is 0.302 e. The number of esters is 1. The molecule has 132 valence electrons. The van der Waals surface area contributed by atoms with E-state index >= 15 is 0 Å². The lowest BCUT2D eigenvalue weighted by molar-refractivity contribution is -0.180. The maximum absolute atomic E-state index is 11.3. The first-order valence-electron chi connectivity index (χ1n) is 9.35. The first-order valence-corrected chi connectivity index (χ1v) is 9.35. The Labute approximate surface area is 141 Å². The number of carbonyl (C=O) groups excluding carboxylic acids is 1. The third kappa shape index (κ3) is 3.81. The van der Waals surface area contributed by atoms with Gasteiger partial charge < -0.3 is 9.47 Å². The monoisotopic (exact) mass is 322 g/mol. The summed E-state index contributed by atoms with van der Waals surface area (Å²) in [4.78, 5) is 11.3. The van der Waals surface area contributed by atoms with Crippen LogP contribution in [-0.4, -0.2) is 25.3 Å². The Morgan fingerprint density at radius 3 is 2.74 bits per heavy atom. The first-order chi connectivity index (χ1) is 10.9. The highest BCUT2D eigenvalue weighted by molar-refractivity contribution is 5.65. The van der Waals surface area contributed by atoms with Crippen LogP contribution >= 0.6 is 0 Å². The average molecular weight is 322 g/mol. The molecule has 0 N–H and O–H groups in total. The van der Waals surface area contributed by atoms with Crippen molar-refractivity contribution in [1.82, 2.24) is 0 Å². The van der Waals surface area contributed by atoms with E-state index in [2.05, 4.69) is 33.8 Å². The Bertz CT molecular complexity index is 442. The van der Waals surface area contributed by atoms with Gasteiger partial charge in [0.1, 0.15) is 0 Å². The molecule has 2 bridgehead atoms. The summed E-state index contributed by atoms with van der Waals surface area (Å²) >= 11 is 0. The minimum atomic E-state index is -0.191. The molecule has 1 saturated heterocycles. The molecule has 1 fully saturated rings. The maximum atomic E-state index is 11.3. The number of allylic oxidation sites excluding steroid dienone is 1. The summed E-state index contributed by atoms with van der Waals surface area (Å²) in [6.07, 6.45) is 9.02. The second kappa shape index (κ2) is 7.83. The normalized spacial score (nSPS) is 36.5. The number of rotatable bonds is 7. The SMILES string of the molecule is CCCCCC[C@@H]1OC[C@@]2(COC(C)=O)[C@H](C)C=C(C)[C@@H]1[C@@H]2C. The molecule has 23 heavy (non-hydrogen) atoms. The molecule has 0 radical (unpaired) electrons. The summed E-state index contributed by atoms with van der Waals surface area (Å²) in [7, 11) is 0. The number of unbranched alkanes of at least 4 members (excludes halogenated alkanes) is 3. The largest absolute Gasteiger partial charge is 0.465 e. The zero-order chi connectivity index (χ0) is 17.0. The van der Waals surface area contributed by atoms with Gasteiger partial charge in [-0.3, -0.25) is 4.79 Å². The maximum Gasteiger partial charge on any atom is 0.302 e. The topological polar surface area (TPSA) is 35.5 Å². The summed E-state index contributed by atoms with van der Waals surface area (Å²) in [5.41, 5.74) is 1.40. The van der Waals surface area contributed by atoms with Crippen molar-refractivity contribution in [2.45, 2.75) is 72.8 Å². The van der Waals surface area contributed by atoms with Crippen molar-refractivity contribution in [3.05, 3.63) is 11.6 Å². The van der Waals surface area contributed by atoms with Crippen LogP contribution in [-0.2, 0) is 14.3 Å². The van der Waals surface area contributed by atoms with E-state index in [0.717, 1.165) is 6.42 Å². The lowest BCUT2D eigenvalue weighted by Gasteiger charge is -2.55. The van der Waals surface area contributed by atoms with Crippen LogP contribution in [0.2, 0.25) is 0 Å². The van der Waals surface area contributed by atoms with Gasteiger partial charge in [0.05, 0.1) is 19.3 Å². The van der Waals surface area contributed by atoms with Crippen molar-refractivity contribution in [3.63, 3.8) is 0 Å². The van der Waals surface area contributed by atoms with E-state index < -0.39 is 0 Å². The Kier molecular flexibility index (Phi) is 6.30. The molecule has 1 aliphatic heterocycles. The highest BCUT2D eigenvalue weighted by Gasteiger charge is 2.53. The molecule has 1 heterocycles. The number of fused-ring (bicyclic) bond motifs is 2. The average Bonchev–Trinajstić information content (AvgIpc) is 2.49. The van der Waals surface area contributed by atoms with Crippen LogP contribution in [0.1, 0.15) is 66.7 Å². The third-order valence-electron chi connectivity index (χ3n) is 6.24. The van der Waals surface area contributed by atoms with E-state index in [1.54, 1.807) is 0 Å². The Balaban J connectivity index is 2.11. The highest BCUT2D eigenvalue weighted by atomic mass is 16.5. The molecular formula is C20H34O3. The van der Waals surface area contributed by atoms with Crippen LogP contribution in [0, 0.1) is 23.2 Å². The zero-order valence-corrected chi connectivity index (χ0v) is 15.6. The van der Waals surface area contributed by atoms with Gasteiger partial charge in [-0.2, -0.15) is 0 Å². The first kappa shape index (κ1) is 18.5. The summed E-state index contributed by atoms with van der Waals surface area (Å²) < 4.78 is 11.8. The van der Waals surface area contributed by atoms with Crippen LogP contribution in [0.4, 0.5) is 0 Å². The van der Waals surface area contributed by atoms with Gasteiger partial charge in [0.25, 0.3) is 0 Å².